The third-order valence-electron chi connectivity index (χ3n) is 2.74. The lowest BCUT2D eigenvalue weighted by Gasteiger charge is -2.10. The standard InChI is InChI=1S/C10H10O6.C7H8O/c1-5(11)16-6-2-3-7(9(12)13)8(4-6)10(14)15;1-8-7-5-3-2-4-6-7/h2-5,11H,1H3,(H,12,13)(H,14,15);2-6H,1H3. The smallest absolute Gasteiger partial charge is 0.336 e. The van der Waals surface area contributed by atoms with E-state index >= 15 is 0 Å². The van der Waals surface area contributed by atoms with Gasteiger partial charge >= 0.3 is 11.9 Å². The molecule has 0 heterocycles. The van der Waals surface area contributed by atoms with Crippen LogP contribution in [0.25, 0.3) is 0 Å². The number of carboxylic acids is 2. The Morgan fingerprint density at radius 2 is 1.50 bits per heavy atom. The van der Waals surface area contributed by atoms with Crippen molar-refractivity contribution in [1.29, 1.82) is 0 Å². The summed E-state index contributed by atoms with van der Waals surface area (Å²) in [7, 11) is 1.66. The summed E-state index contributed by atoms with van der Waals surface area (Å²) in [5, 5.41) is 26.5. The maximum atomic E-state index is 10.8. The molecule has 0 aliphatic rings. The third-order valence-corrected chi connectivity index (χ3v) is 2.74. The molecule has 24 heavy (non-hydrogen) atoms. The molecule has 2 aromatic carbocycles. The number of para-hydroxylation sites is 1. The van der Waals surface area contributed by atoms with E-state index in [9.17, 15) is 9.59 Å². The van der Waals surface area contributed by atoms with Crippen molar-refractivity contribution in [1.82, 2.24) is 0 Å². The quantitative estimate of drug-likeness (QED) is 0.720. The number of carbonyl (C=O) groups is 2. The number of carboxylic acid groups (broad SMARTS) is 2. The topological polar surface area (TPSA) is 113 Å². The lowest BCUT2D eigenvalue weighted by Crippen LogP contribution is -2.12. The summed E-state index contributed by atoms with van der Waals surface area (Å²) in [4.78, 5) is 21.5. The van der Waals surface area contributed by atoms with E-state index in [1.165, 1.54) is 13.0 Å². The van der Waals surface area contributed by atoms with Crippen LogP contribution in [0.2, 0.25) is 0 Å². The Kier molecular flexibility index (Phi) is 7.25. The second kappa shape index (κ2) is 9.16. The number of aliphatic hydroxyl groups excluding tert-OH is 1. The fourth-order valence-electron chi connectivity index (χ4n) is 1.71. The number of methoxy groups -OCH3 is 1. The Labute approximate surface area is 138 Å². The number of hydrogen-bond acceptors (Lipinski definition) is 5. The van der Waals surface area contributed by atoms with Gasteiger partial charge in [-0.25, -0.2) is 9.59 Å². The lowest BCUT2D eigenvalue weighted by molar-refractivity contribution is -0.000434. The molecule has 0 aliphatic carbocycles. The lowest BCUT2D eigenvalue weighted by atomic mass is 10.1. The first kappa shape index (κ1) is 19.0. The van der Waals surface area contributed by atoms with Gasteiger partial charge in [0.1, 0.15) is 11.5 Å². The molecular weight excluding hydrogens is 316 g/mol. The van der Waals surface area contributed by atoms with E-state index in [4.69, 9.17) is 24.8 Å². The zero-order valence-corrected chi connectivity index (χ0v) is 13.2. The zero-order valence-electron chi connectivity index (χ0n) is 13.2. The van der Waals surface area contributed by atoms with Gasteiger partial charge in [0, 0.05) is 0 Å². The molecule has 3 N–H and O–H groups in total. The first-order valence-corrected chi connectivity index (χ1v) is 6.89. The van der Waals surface area contributed by atoms with Crippen molar-refractivity contribution in [2.75, 3.05) is 7.11 Å². The molecule has 0 bridgehead atoms. The van der Waals surface area contributed by atoms with Crippen LogP contribution >= 0.6 is 0 Å². The maximum absolute atomic E-state index is 10.8. The number of aromatic carboxylic acids is 2. The molecule has 0 saturated heterocycles. The third kappa shape index (κ3) is 5.98. The number of benzene rings is 2. The Morgan fingerprint density at radius 3 is 1.92 bits per heavy atom. The first-order chi connectivity index (χ1) is 11.3. The molecule has 0 spiro atoms. The second-order valence-electron chi connectivity index (χ2n) is 4.55. The van der Waals surface area contributed by atoms with E-state index < -0.39 is 18.2 Å². The molecule has 0 saturated carbocycles. The molecule has 0 amide bonds. The van der Waals surface area contributed by atoms with Crippen LogP contribution in [-0.2, 0) is 0 Å². The predicted octanol–water partition coefficient (Wildman–Crippen LogP) is 2.50. The van der Waals surface area contributed by atoms with Gasteiger partial charge in [0.15, 0.2) is 6.29 Å². The van der Waals surface area contributed by atoms with Crippen LogP contribution in [0.5, 0.6) is 11.5 Å². The van der Waals surface area contributed by atoms with Crippen molar-refractivity contribution < 1.29 is 34.4 Å². The average Bonchev–Trinajstić information content (AvgIpc) is 2.55. The van der Waals surface area contributed by atoms with Crippen LogP contribution in [0, 0.1) is 0 Å². The van der Waals surface area contributed by atoms with Crippen molar-refractivity contribution in [3.63, 3.8) is 0 Å². The molecule has 0 radical (unpaired) electrons. The molecule has 2 aromatic rings. The van der Waals surface area contributed by atoms with E-state index in [2.05, 4.69) is 0 Å². The van der Waals surface area contributed by atoms with Crippen LogP contribution in [0.15, 0.2) is 48.5 Å². The molecule has 2 rings (SSSR count). The molecule has 0 fully saturated rings. The summed E-state index contributed by atoms with van der Waals surface area (Å²) < 4.78 is 9.75. The van der Waals surface area contributed by atoms with Crippen molar-refractivity contribution in [2.24, 2.45) is 0 Å². The summed E-state index contributed by atoms with van der Waals surface area (Å²) in [6.07, 6.45) is -1.10. The van der Waals surface area contributed by atoms with Gasteiger partial charge < -0.3 is 24.8 Å². The van der Waals surface area contributed by atoms with Gasteiger partial charge in [-0.1, -0.05) is 18.2 Å². The summed E-state index contributed by atoms with van der Waals surface area (Å²) in [6, 6.07) is 13.1. The highest BCUT2D eigenvalue weighted by Crippen LogP contribution is 2.19. The number of aliphatic hydroxyl groups is 1. The normalized spacial score (nSPS) is 10.8. The Hall–Kier alpha value is -3.06. The Balaban J connectivity index is 0.000000300. The zero-order chi connectivity index (χ0) is 18.1. The highest BCUT2D eigenvalue weighted by atomic mass is 16.6. The van der Waals surface area contributed by atoms with Gasteiger partial charge in [0.2, 0.25) is 0 Å². The second-order valence-corrected chi connectivity index (χ2v) is 4.55. The largest absolute Gasteiger partial charge is 0.497 e. The minimum atomic E-state index is -1.37. The van der Waals surface area contributed by atoms with Gasteiger partial charge in [-0.15, -0.1) is 0 Å². The SMILES string of the molecule is CC(O)Oc1ccc(C(=O)O)c(C(=O)O)c1.COc1ccccc1. The summed E-state index contributed by atoms with van der Waals surface area (Å²) in [5.74, 6) is -1.70. The van der Waals surface area contributed by atoms with E-state index in [0.717, 1.165) is 17.9 Å². The minimum Gasteiger partial charge on any atom is -0.497 e. The highest BCUT2D eigenvalue weighted by Gasteiger charge is 2.17. The van der Waals surface area contributed by atoms with E-state index in [1.54, 1.807) is 7.11 Å². The van der Waals surface area contributed by atoms with Gasteiger partial charge in [0.05, 0.1) is 18.2 Å². The number of hydrogen-bond donors (Lipinski definition) is 3. The van der Waals surface area contributed by atoms with Crippen LogP contribution in [0.1, 0.15) is 27.6 Å². The molecule has 0 aromatic heterocycles. The molecule has 7 nitrogen and oxygen atoms in total. The van der Waals surface area contributed by atoms with Crippen LogP contribution in [0.3, 0.4) is 0 Å². The van der Waals surface area contributed by atoms with Crippen molar-refractivity contribution in [3.05, 3.63) is 59.7 Å². The van der Waals surface area contributed by atoms with Gasteiger partial charge in [0.25, 0.3) is 0 Å². The number of ether oxygens (including phenoxy) is 2. The van der Waals surface area contributed by atoms with Crippen molar-refractivity contribution >= 4 is 11.9 Å². The summed E-state index contributed by atoms with van der Waals surface area (Å²) in [5.41, 5.74) is -0.712. The number of rotatable bonds is 5. The van der Waals surface area contributed by atoms with E-state index in [0.29, 0.717) is 0 Å². The van der Waals surface area contributed by atoms with Gasteiger partial charge in [-0.2, -0.15) is 0 Å². The Bertz CT molecular complexity index is 681. The van der Waals surface area contributed by atoms with E-state index in [1.807, 2.05) is 30.3 Å². The molecule has 1 unspecified atom stereocenters. The molecule has 128 valence electrons. The molecule has 0 aliphatic heterocycles. The van der Waals surface area contributed by atoms with Crippen LogP contribution in [-0.4, -0.2) is 40.7 Å². The van der Waals surface area contributed by atoms with Crippen LogP contribution in [0.4, 0.5) is 0 Å². The van der Waals surface area contributed by atoms with Crippen molar-refractivity contribution in [3.8, 4) is 11.5 Å². The highest BCUT2D eigenvalue weighted by molar-refractivity contribution is 6.01. The van der Waals surface area contributed by atoms with Gasteiger partial charge in [-0.3, -0.25) is 0 Å². The molecule has 7 heteroatoms. The fourth-order valence-corrected chi connectivity index (χ4v) is 1.71. The minimum absolute atomic E-state index is 0.0948. The van der Waals surface area contributed by atoms with Gasteiger partial charge in [-0.05, 0) is 37.3 Å². The first-order valence-electron chi connectivity index (χ1n) is 6.89. The van der Waals surface area contributed by atoms with E-state index in [-0.39, 0.29) is 16.9 Å². The molecule has 1 atom stereocenters. The summed E-state index contributed by atoms with van der Waals surface area (Å²) >= 11 is 0. The predicted molar refractivity (Wildman–Crippen MR) is 85.7 cm³/mol. The van der Waals surface area contributed by atoms with Crippen LogP contribution < -0.4 is 9.47 Å². The Morgan fingerprint density at radius 1 is 0.917 bits per heavy atom. The summed E-state index contributed by atoms with van der Waals surface area (Å²) in [6.45, 7) is 1.35. The monoisotopic (exact) mass is 334 g/mol. The average molecular weight is 334 g/mol. The van der Waals surface area contributed by atoms with Crippen molar-refractivity contribution in [2.45, 2.75) is 13.2 Å². The maximum Gasteiger partial charge on any atom is 0.336 e. The fraction of sp³-hybridized carbons (Fsp3) is 0.176. The molecular formula is C17H18O7.